The van der Waals surface area contributed by atoms with Crippen LogP contribution in [0.3, 0.4) is 0 Å². The van der Waals surface area contributed by atoms with E-state index in [2.05, 4.69) is 15.4 Å². The van der Waals surface area contributed by atoms with Crippen LogP contribution in [0.4, 0.5) is 10.2 Å². The first-order valence-electron chi connectivity index (χ1n) is 9.66. The summed E-state index contributed by atoms with van der Waals surface area (Å²) in [6, 6.07) is 14.5. The lowest BCUT2D eigenvalue weighted by Gasteiger charge is -2.12. The van der Waals surface area contributed by atoms with Crippen LogP contribution < -0.4 is 5.32 Å². The van der Waals surface area contributed by atoms with Gasteiger partial charge in [-0.05, 0) is 55.8 Å². The van der Waals surface area contributed by atoms with Gasteiger partial charge in [-0.25, -0.2) is 14.2 Å². The Balaban J connectivity index is 1.80. The molecule has 0 radical (unpaired) electrons. The van der Waals surface area contributed by atoms with E-state index in [4.69, 9.17) is 4.74 Å². The number of pyridine rings is 1. The fourth-order valence-electron chi connectivity index (χ4n) is 3.22. The van der Waals surface area contributed by atoms with E-state index >= 15 is 0 Å². The molecule has 0 saturated carbocycles. The summed E-state index contributed by atoms with van der Waals surface area (Å²) in [6.45, 7) is 3.80. The minimum absolute atomic E-state index is 0.0879. The number of nitrogens with zero attached hydrogens (tertiary/aromatic N) is 3. The van der Waals surface area contributed by atoms with E-state index in [0.29, 0.717) is 5.82 Å². The van der Waals surface area contributed by atoms with Crippen molar-refractivity contribution in [1.82, 2.24) is 14.8 Å². The Morgan fingerprint density at radius 3 is 2.61 bits per heavy atom. The molecule has 1 amide bonds. The van der Waals surface area contributed by atoms with Crippen LogP contribution in [0.25, 0.3) is 16.7 Å². The number of aryl methyl sites for hydroxylation is 1. The number of carbonyl (C=O) groups is 2. The number of hydrogen-bond donors (Lipinski definition) is 1. The number of rotatable bonds is 5. The van der Waals surface area contributed by atoms with Gasteiger partial charge in [0.05, 0.1) is 18.3 Å². The highest BCUT2D eigenvalue weighted by Crippen LogP contribution is 2.25. The Labute approximate surface area is 177 Å². The lowest BCUT2D eigenvalue weighted by atomic mass is 10.1. The molecule has 0 aliphatic carbocycles. The van der Waals surface area contributed by atoms with Gasteiger partial charge in [0.1, 0.15) is 11.4 Å². The number of ether oxygens (including phenoxy) is 1. The highest BCUT2D eigenvalue weighted by molar-refractivity contribution is 6.07. The number of para-hydroxylation sites is 1. The Morgan fingerprint density at radius 2 is 1.87 bits per heavy atom. The smallest absolute Gasteiger partial charge is 0.343 e. The molecular formula is C23H19FN4O3. The summed E-state index contributed by atoms with van der Waals surface area (Å²) in [6.07, 6.45) is 1.32. The lowest BCUT2D eigenvalue weighted by Crippen LogP contribution is -2.18. The summed E-state index contributed by atoms with van der Waals surface area (Å²) in [4.78, 5) is 29.9. The molecule has 4 aromatic rings. The first kappa shape index (κ1) is 20.2. The minimum atomic E-state index is -0.624. The topological polar surface area (TPSA) is 86.1 Å². The van der Waals surface area contributed by atoms with E-state index in [-0.39, 0.29) is 23.6 Å². The van der Waals surface area contributed by atoms with Crippen LogP contribution in [0.5, 0.6) is 0 Å². The molecule has 0 fully saturated rings. The third-order valence-electron chi connectivity index (χ3n) is 4.73. The highest BCUT2D eigenvalue weighted by Gasteiger charge is 2.23. The monoisotopic (exact) mass is 418 g/mol. The van der Waals surface area contributed by atoms with Crippen molar-refractivity contribution >= 4 is 28.6 Å². The number of hydrogen-bond acceptors (Lipinski definition) is 5. The van der Waals surface area contributed by atoms with Gasteiger partial charge in [0, 0.05) is 10.9 Å². The number of nitrogens with one attached hydrogen (secondary N) is 1. The van der Waals surface area contributed by atoms with E-state index in [1.807, 2.05) is 37.3 Å². The second-order valence-electron chi connectivity index (χ2n) is 6.81. The molecule has 0 unspecified atom stereocenters. The SMILES string of the molecule is CCOC(=O)c1cnn(-c2cc(C)c3ccccc3n2)c1NC(=O)c1ccc(F)cc1. The van der Waals surface area contributed by atoms with Crippen molar-refractivity contribution in [3.05, 3.63) is 83.3 Å². The Morgan fingerprint density at radius 1 is 1.13 bits per heavy atom. The van der Waals surface area contributed by atoms with Gasteiger partial charge < -0.3 is 10.1 Å². The maximum atomic E-state index is 13.2. The number of anilines is 1. The predicted octanol–water partition coefficient (Wildman–Crippen LogP) is 4.30. The maximum Gasteiger partial charge on any atom is 0.343 e. The molecule has 4 rings (SSSR count). The molecule has 0 atom stereocenters. The van der Waals surface area contributed by atoms with Crippen LogP contribution >= 0.6 is 0 Å². The largest absolute Gasteiger partial charge is 0.462 e. The number of fused-ring (bicyclic) bond motifs is 1. The van der Waals surface area contributed by atoms with Gasteiger partial charge in [-0.1, -0.05) is 18.2 Å². The highest BCUT2D eigenvalue weighted by atomic mass is 19.1. The number of halogens is 1. The van der Waals surface area contributed by atoms with Gasteiger partial charge in [0.15, 0.2) is 11.6 Å². The van der Waals surface area contributed by atoms with Gasteiger partial charge in [-0.3, -0.25) is 4.79 Å². The van der Waals surface area contributed by atoms with E-state index in [1.165, 1.54) is 35.1 Å². The lowest BCUT2D eigenvalue weighted by molar-refractivity contribution is 0.0527. The molecule has 0 aliphatic rings. The van der Waals surface area contributed by atoms with Crippen LogP contribution in [0.2, 0.25) is 0 Å². The summed E-state index contributed by atoms with van der Waals surface area (Å²) in [7, 11) is 0. The molecular weight excluding hydrogens is 399 g/mol. The van der Waals surface area contributed by atoms with Crippen LogP contribution in [0, 0.1) is 12.7 Å². The summed E-state index contributed by atoms with van der Waals surface area (Å²) in [5.74, 6) is -1.05. The molecule has 0 bridgehead atoms. The average Bonchev–Trinajstić information content (AvgIpc) is 3.18. The number of aromatic nitrogens is 3. The minimum Gasteiger partial charge on any atom is -0.462 e. The molecule has 0 spiro atoms. The van der Waals surface area contributed by atoms with E-state index in [1.54, 1.807) is 6.92 Å². The molecule has 2 aromatic heterocycles. The summed E-state index contributed by atoms with van der Waals surface area (Å²) < 4.78 is 19.7. The van der Waals surface area contributed by atoms with Crippen molar-refractivity contribution in [3.8, 4) is 5.82 Å². The zero-order valence-corrected chi connectivity index (χ0v) is 16.9. The van der Waals surface area contributed by atoms with Gasteiger partial charge >= 0.3 is 5.97 Å². The zero-order valence-electron chi connectivity index (χ0n) is 16.9. The van der Waals surface area contributed by atoms with Gasteiger partial charge in [-0.15, -0.1) is 0 Å². The Kier molecular flexibility index (Phi) is 5.44. The molecule has 31 heavy (non-hydrogen) atoms. The molecule has 1 N–H and O–H groups in total. The molecule has 8 heteroatoms. The number of carbonyl (C=O) groups excluding carboxylic acids is 2. The van der Waals surface area contributed by atoms with Crippen molar-refractivity contribution in [2.75, 3.05) is 11.9 Å². The fraction of sp³-hybridized carbons (Fsp3) is 0.130. The van der Waals surface area contributed by atoms with E-state index in [9.17, 15) is 14.0 Å². The number of benzene rings is 2. The average molecular weight is 418 g/mol. The summed E-state index contributed by atoms with van der Waals surface area (Å²) in [5, 5.41) is 7.96. The van der Waals surface area contributed by atoms with Crippen LogP contribution in [-0.4, -0.2) is 33.2 Å². The second kappa shape index (κ2) is 8.35. The summed E-state index contributed by atoms with van der Waals surface area (Å²) in [5.41, 5.74) is 2.03. The third-order valence-corrected chi connectivity index (χ3v) is 4.73. The molecule has 0 aliphatic heterocycles. The van der Waals surface area contributed by atoms with Crippen LogP contribution in [0.1, 0.15) is 33.2 Å². The first-order chi connectivity index (χ1) is 15.0. The van der Waals surface area contributed by atoms with Crippen molar-refractivity contribution < 1.29 is 18.7 Å². The van der Waals surface area contributed by atoms with Gasteiger partial charge in [0.2, 0.25) is 0 Å². The Hall–Kier alpha value is -4.07. The second-order valence-corrected chi connectivity index (χ2v) is 6.81. The van der Waals surface area contributed by atoms with Crippen molar-refractivity contribution in [2.24, 2.45) is 0 Å². The molecule has 156 valence electrons. The van der Waals surface area contributed by atoms with E-state index < -0.39 is 17.7 Å². The molecule has 7 nitrogen and oxygen atoms in total. The normalized spacial score (nSPS) is 10.8. The first-order valence-corrected chi connectivity index (χ1v) is 9.66. The zero-order chi connectivity index (χ0) is 22.0. The molecule has 2 aromatic carbocycles. The number of amides is 1. The molecule has 0 saturated heterocycles. The van der Waals surface area contributed by atoms with Crippen molar-refractivity contribution in [1.29, 1.82) is 0 Å². The van der Waals surface area contributed by atoms with Crippen molar-refractivity contribution in [2.45, 2.75) is 13.8 Å². The predicted molar refractivity (Wildman–Crippen MR) is 114 cm³/mol. The van der Waals surface area contributed by atoms with Gasteiger partial charge in [0.25, 0.3) is 5.91 Å². The number of esters is 1. The van der Waals surface area contributed by atoms with E-state index in [0.717, 1.165) is 16.5 Å². The third kappa shape index (κ3) is 4.00. The fourth-order valence-corrected chi connectivity index (χ4v) is 3.22. The maximum absolute atomic E-state index is 13.2. The Bertz CT molecular complexity index is 1280. The van der Waals surface area contributed by atoms with Crippen LogP contribution in [0.15, 0.2) is 60.8 Å². The quantitative estimate of drug-likeness (QED) is 0.489. The van der Waals surface area contributed by atoms with Crippen molar-refractivity contribution in [3.63, 3.8) is 0 Å². The standard InChI is InChI=1S/C23H19FN4O3/c1-3-31-23(30)18-13-25-28(20-12-14(2)17-6-4-5-7-19(17)26-20)21(18)27-22(29)15-8-10-16(24)11-9-15/h4-13H,3H2,1-2H3,(H,27,29). The summed E-state index contributed by atoms with van der Waals surface area (Å²) >= 11 is 0. The van der Waals surface area contributed by atoms with Crippen LogP contribution in [-0.2, 0) is 4.74 Å². The van der Waals surface area contributed by atoms with Gasteiger partial charge in [-0.2, -0.15) is 9.78 Å². The molecule has 2 heterocycles.